The van der Waals surface area contributed by atoms with Crippen molar-refractivity contribution in [1.82, 2.24) is 4.67 Å². The maximum absolute atomic E-state index is 12.8. The standard InChI is InChI=1S/C16H24NO3P/c1-6-10-14(2)17(21(18,19-4)20-5)15(3)13-16-11-8-7-9-12-16/h7-9,11-12,14-15H,13H2,1-5H3. The zero-order valence-corrected chi connectivity index (χ0v) is 14.3. The molecule has 116 valence electrons. The van der Waals surface area contributed by atoms with E-state index in [0.29, 0.717) is 0 Å². The van der Waals surface area contributed by atoms with Crippen molar-refractivity contribution < 1.29 is 13.6 Å². The Morgan fingerprint density at radius 1 is 1.19 bits per heavy atom. The van der Waals surface area contributed by atoms with E-state index in [4.69, 9.17) is 9.05 Å². The van der Waals surface area contributed by atoms with Crippen molar-refractivity contribution >= 4 is 7.75 Å². The zero-order valence-electron chi connectivity index (χ0n) is 13.4. The zero-order chi connectivity index (χ0) is 15.9. The van der Waals surface area contributed by atoms with Crippen molar-refractivity contribution in [1.29, 1.82) is 0 Å². The van der Waals surface area contributed by atoms with Crippen LogP contribution in [0.2, 0.25) is 0 Å². The Kier molecular flexibility index (Phi) is 7.14. The van der Waals surface area contributed by atoms with Gasteiger partial charge in [0.1, 0.15) is 0 Å². The smallest absolute Gasteiger partial charge is 0.300 e. The van der Waals surface area contributed by atoms with Crippen LogP contribution in [0.5, 0.6) is 0 Å². The average Bonchev–Trinajstić information content (AvgIpc) is 2.48. The van der Waals surface area contributed by atoms with Gasteiger partial charge in [0.15, 0.2) is 0 Å². The summed E-state index contributed by atoms with van der Waals surface area (Å²) in [6.45, 7) is 5.68. The average molecular weight is 309 g/mol. The Labute approximate surface area is 128 Å². The Morgan fingerprint density at radius 3 is 2.24 bits per heavy atom. The molecule has 2 unspecified atom stereocenters. The molecule has 0 saturated heterocycles. The predicted octanol–water partition coefficient (Wildman–Crippen LogP) is 3.73. The van der Waals surface area contributed by atoms with E-state index in [1.807, 2.05) is 32.0 Å². The lowest BCUT2D eigenvalue weighted by molar-refractivity contribution is 0.174. The molecule has 0 amide bonds. The second-order valence-corrected chi connectivity index (χ2v) is 6.95. The van der Waals surface area contributed by atoms with Crippen LogP contribution >= 0.6 is 7.75 Å². The topological polar surface area (TPSA) is 38.8 Å². The molecule has 21 heavy (non-hydrogen) atoms. The fraction of sp³-hybridized carbons (Fsp3) is 0.500. The van der Waals surface area contributed by atoms with Crippen molar-refractivity contribution in [3.05, 3.63) is 35.9 Å². The number of hydrogen-bond acceptors (Lipinski definition) is 3. The molecule has 0 spiro atoms. The van der Waals surface area contributed by atoms with Crippen LogP contribution in [0.4, 0.5) is 0 Å². The van der Waals surface area contributed by atoms with E-state index in [0.717, 1.165) is 6.42 Å². The minimum absolute atomic E-state index is 0.0333. The Bertz CT molecular complexity index is 527. The molecule has 2 atom stereocenters. The molecule has 0 bridgehead atoms. The van der Waals surface area contributed by atoms with Crippen LogP contribution < -0.4 is 0 Å². The second-order valence-electron chi connectivity index (χ2n) is 4.82. The number of hydrogen-bond donors (Lipinski definition) is 0. The van der Waals surface area contributed by atoms with E-state index in [1.165, 1.54) is 19.8 Å². The lowest BCUT2D eigenvalue weighted by atomic mass is 10.1. The molecule has 0 aliphatic heterocycles. The highest BCUT2D eigenvalue weighted by molar-refractivity contribution is 7.51. The van der Waals surface area contributed by atoms with Crippen LogP contribution in [0.25, 0.3) is 0 Å². The van der Waals surface area contributed by atoms with Gasteiger partial charge >= 0.3 is 7.75 Å². The molecule has 0 saturated carbocycles. The maximum atomic E-state index is 12.8. The van der Waals surface area contributed by atoms with Gasteiger partial charge < -0.3 is 0 Å². The molecule has 0 N–H and O–H groups in total. The van der Waals surface area contributed by atoms with Crippen molar-refractivity contribution in [2.75, 3.05) is 14.2 Å². The normalized spacial score (nSPS) is 14.4. The first kappa shape index (κ1) is 17.9. The number of benzene rings is 1. The molecule has 0 fully saturated rings. The highest BCUT2D eigenvalue weighted by Gasteiger charge is 2.38. The van der Waals surface area contributed by atoms with Crippen LogP contribution in [-0.4, -0.2) is 31.0 Å². The summed E-state index contributed by atoms with van der Waals surface area (Å²) < 4.78 is 24.9. The van der Waals surface area contributed by atoms with Gasteiger partial charge in [0.2, 0.25) is 0 Å². The summed E-state index contributed by atoms with van der Waals surface area (Å²) >= 11 is 0. The Hall–Kier alpha value is -1.11. The van der Waals surface area contributed by atoms with Gasteiger partial charge in [0, 0.05) is 20.3 Å². The third-order valence-corrected chi connectivity index (χ3v) is 5.55. The van der Waals surface area contributed by atoms with Crippen LogP contribution in [0, 0.1) is 11.8 Å². The van der Waals surface area contributed by atoms with Crippen molar-refractivity contribution in [2.24, 2.45) is 0 Å². The van der Waals surface area contributed by atoms with Crippen LogP contribution in [-0.2, 0) is 20.0 Å². The summed E-state index contributed by atoms with van der Waals surface area (Å²) in [5.41, 5.74) is 1.17. The first-order chi connectivity index (χ1) is 9.98. The fourth-order valence-electron chi connectivity index (χ4n) is 2.42. The van der Waals surface area contributed by atoms with Gasteiger partial charge in [-0.15, -0.1) is 5.92 Å². The summed E-state index contributed by atoms with van der Waals surface area (Å²) in [7, 11) is -0.537. The van der Waals surface area contributed by atoms with E-state index in [2.05, 4.69) is 24.0 Å². The van der Waals surface area contributed by atoms with Crippen LogP contribution in [0.15, 0.2) is 30.3 Å². The number of rotatable bonds is 7. The monoisotopic (exact) mass is 309 g/mol. The van der Waals surface area contributed by atoms with Crippen molar-refractivity contribution in [2.45, 2.75) is 39.3 Å². The highest BCUT2D eigenvalue weighted by Crippen LogP contribution is 2.53. The van der Waals surface area contributed by atoms with Gasteiger partial charge in [-0.1, -0.05) is 36.3 Å². The first-order valence-corrected chi connectivity index (χ1v) is 8.44. The van der Waals surface area contributed by atoms with Gasteiger partial charge in [0.25, 0.3) is 0 Å². The van der Waals surface area contributed by atoms with E-state index in [1.54, 1.807) is 11.6 Å². The molecule has 0 radical (unpaired) electrons. The van der Waals surface area contributed by atoms with E-state index < -0.39 is 7.75 Å². The van der Waals surface area contributed by atoms with E-state index in [-0.39, 0.29) is 12.1 Å². The minimum Gasteiger partial charge on any atom is -0.300 e. The molecule has 1 aromatic rings. The third kappa shape index (κ3) is 4.69. The highest BCUT2D eigenvalue weighted by atomic mass is 31.2. The number of nitrogens with zero attached hydrogens (tertiary/aromatic N) is 1. The lowest BCUT2D eigenvalue weighted by Crippen LogP contribution is -2.39. The van der Waals surface area contributed by atoms with Crippen molar-refractivity contribution in [3.8, 4) is 11.8 Å². The van der Waals surface area contributed by atoms with Gasteiger partial charge in [-0.05, 0) is 32.8 Å². The van der Waals surface area contributed by atoms with E-state index in [9.17, 15) is 4.57 Å². The van der Waals surface area contributed by atoms with Gasteiger partial charge in [-0.25, -0.2) is 4.57 Å². The SMILES string of the molecule is CC#CC(C)N(C(C)Cc1ccccc1)P(=O)(OC)OC. The van der Waals surface area contributed by atoms with Gasteiger partial charge in [-0.3, -0.25) is 9.05 Å². The molecule has 0 aliphatic carbocycles. The van der Waals surface area contributed by atoms with E-state index >= 15 is 0 Å². The summed E-state index contributed by atoms with van der Waals surface area (Å²) in [4.78, 5) is 0. The summed E-state index contributed by atoms with van der Waals surface area (Å²) in [6.07, 6.45) is 0.743. The summed E-state index contributed by atoms with van der Waals surface area (Å²) in [6, 6.07) is 9.81. The summed E-state index contributed by atoms with van der Waals surface area (Å²) in [5.74, 6) is 5.89. The molecule has 1 aromatic carbocycles. The van der Waals surface area contributed by atoms with Crippen molar-refractivity contribution in [3.63, 3.8) is 0 Å². The van der Waals surface area contributed by atoms with Crippen LogP contribution in [0.3, 0.4) is 0 Å². The maximum Gasteiger partial charge on any atom is 0.408 e. The molecule has 0 heterocycles. The molecule has 0 aromatic heterocycles. The minimum atomic E-state index is -3.34. The summed E-state index contributed by atoms with van der Waals surface area (Å²) in [5, 5.41) is 0. The first-order valence-electron chi connectivity index (χ1n) is 6.95. The molecule has 5 heteroatoms. The fourth-order valence-corrected chi connectivity index (χ4v) is 3.99. The molecule has 0 aliphatic rings. The Balaban J connectivity index is 3.05. The Morgan fingerprint density at radius 2 is 1.76 bits per heavy atom. The predicted molar refractivity (Wildman–Crippen MR) is 86.0 cm³/mol. The largest absolute Gasteiger partial charge is 0.408 e. The quantitative estimate of drug-likeness (QED) is 0.568. The molecular formula is C16H24NO3P. The molecule has 1 rings (SSSR count). The second kappa shape index (κ2) is 8.36. The lowest BCUT2D eigenvalue weighted by Gasteiger charge is -2.35. The van der Waals surface area contributed by atoms with Crippen LogP contribution in [0.1, 0.15) is 26.3 Å². The van der Waals surface area contributed by atoms with Gasteiger partial charge in [-0.2, -0.15) is 4.67 Å². The molecule has 4 nitrogen and oxygen atoms in total. The van der Waals surface area contributed by atoms with Gasteiger partial charge in [0.05, 0.1) is 6.04 Å². The third-order valence-electron chi connectivity index (χ3n) is 3.32. The molecular weight excluding hydrogens is 285 g/mol.